The topological polar surface area (TPSA) is 93.5 Å². The number of aromatic nitrogens is 2. The van der Waals surface area contributed by atoms with Gasteiger partial charge in [0.2, 0.25) is 5.91 Å². The summed E-state index contributed by atoms with van der Waals surface area (Å²) in [7, 11) is 0. The lowest BCUT2D eigenvalue weighted by molar-refractivity contribution is -0.127. The monoisotopic (exact) mass is 472 g/mol. The molecule has 1 atom stereocenters. The second kappa shape index (κ2) is 9.55. The first kappa shape index (κ1) is 23.3. The SMILES string of the molecule is CCOC(=O)c1cc2n(n1)C[C@@](C)(C(=O)NC1CCCCCC1)N(c1ccc(Cl)cc1)C2=O. The van der Waals surface area contributed by atoms with E-state index < -0.39 is 17.4 Å². The highest BCUT2D eigenvalue weighted by Gasteiger charge is 2.49. The molecule has 176 valence electrons. The third-order valence-electron chi connectivity index (χ3n) is 6.40. The Morgan fingerprint density at radius 2 is 1.85 bits per heavy atom. The molecule has 1 aliphatic heterocycles. The predicted octanol–water partition coefficient (Wildman–Crippen LogP) is 3.97. The summed E-state index contributed by atoms with van der Waals surface area (Å²) in [4.78, 5) is 41.1. The van der Waals surface area contributed by atoms with E-state index in [1.807, 2.05) is 0 Å². The van der Waals surface area contributed by atoms with Gasteiger partial charge in [-0.25, -0.2) is 4.79 Å². The maximum absolute atomic E-state index is 13.7. The number of rotatable bonds is 5. The van der Waals surface area contributed by atoms with Crippen molar-refractivity contribution >= 4 is 35.1 Å². The van der Waals surface area contributed by atoms with Crippen LogP contribution in [0.3, 0.4) is 0 Å². The number of carbonyl (C=O) groups excluding carboxylic acids is 3. The molecule has 1 aromatic carbocycles. The van der Waals surface area contributed by atoms with Crippen LogP contribution in [0.1, 0.15) is 73.3 Å². The van der Waals surface area contributed by atoms with Gasteiger partial charge in [-0.15, -0.1) is 0 Å². The van der Waals surface area contributed by atoms with Crippen molar-refractivity contribution in [3.05, 3.63) is 46.7 Å². The van der Waals surface area contributed by atoms with Crippen LogP contribution in [0.5, 0.6) is 0 Å². The fourth-order valence-electron chi connectivity index (χ4n) is 4.65. The summed E-state index contributed by atoms with van der Waals surface area (Å²) < 4.78 is 6.48. The molecule has 0 bridgehead atoms. The Morgan fingerprint density at radius 1 is 1.18 bits per heavy atom. The van der Waals surface area contributed by atoms with E-state index in [9.17, 15) is 14.4 Å². The molecule has 0 spiro atoms. The maximum Gasteiger partial charge on any atom is 0.358 e. The zero-order chi connectivity index (χ0) is 23.6. The molecule has 2 amide bonds. The van der Waals surface area contributed by atoms with Gasteiger partial charge in [0, 0.05) is 22.8 Å². The van der Waals surface area contributed by atoms with Crippen molar-refractivity contribution < 1.29 is 19.1 Å². The maximum atomic E-state index is 13.7. The van der Waals surface area contributed by atoms with E-state index in [0.717, 1.165) is 25.7 Å². The average Bonchev–Trinajstić information content (AvgIpc) is 3.04. The van der Waals surface area contributed by atoms with Gasteiger partial charge in [0.15, 0.2) is 5.69 Å². The molecule has 2 aliphatic rings. The number of anilines is 1. The van der Waals surface area contributed by atoms with Crippen LogP contribution in [-0.2, 0) is 16.1 Å². The normalized spacial score (nSPS) is 21.3. The molecule has 2 heterocycles. The van der Waals surface area contributed by atoms with Gasteiger partial charge in [0.05, 0.1) is 13.2 Å². The molecule has 1 aromatic heterocycles. The van der Waals surface area contributed by atoms with Crippen LogP contribution in [0, 0.1) is 0 Å². The van der Waals surface area contributed by atoms with Crippen molar-refractivity contribution in [2.75, 3.05) is 11.5 Å². The molecule has 33 heavy (non-hydrogen) atoms. The van der Waals surface area contributed by atoms with Gasteiger partial charge < -0.3 is 10.1 Å². The van der Waals surface area contributed by atoms with E-state index in [0.29, 0.717) is 10.7 Å². The Labute approximate surface area is 198 Å². The van der Waals surface area contributed by atoms with E-state index in [1.54, 1.807) is 38.1 Å². The largest absolute Gasteiger partial charge is 0.461 e. The van der Waals surface area contributed by atoms with E-state index in [4.69, 9.17) is 16.3 Å². The summed E-state index contributed by atoms with van der Waals surface area (Å²) in [6, 6.07) is 8.30. The zero-order valence-corrected chi connectivity index (χ0v) is 19.7. The highest BCUT2D eigenvalue weighted by atomic mass is 35.5. The molecule has 1 aliphatic carbocycles. The first-order valence-corrected chi connectivity index (χ1v) is 11.9. The number of carbonyl (C=O) groups is 3. The number of ether oxygens (including phenoxy) is 1. The van der Waals surface area contributed by atoms with Crippen molar-refractivity contribution in [3.8, 4) is 0 Å². The van der Waals surface area contributed by atoms with E-state index in [1.165, 1.54) is 28.5 Å². The molecular weight excluding hydrogens is 444 g/mol. The van der Waals surface area contributed by atoms with Crippen molar-refractivity contribution in [1.82, 2.24) is 15.1 Å². The van der Waals surface area contributed by atoms with Crippen LogP contribution >= 0.6 is 11.6 Å². The third-order valence-corrected chi connectivity index (χ3v) is 6.65. The molecular formula is C24H29ClN4O4. The Morgan fingerprint density at radius 3 is 2.48 bits per heavy atom. The lowest BCUT2D eigenvalue weighted by Crippen LogP contribution is -2.65. The van der Waals surface area contributed by atoms with E-state index in [2.05, 4.69) is 10.4 Å². The molecule has 1 N–H and O–H groups in total. The van der Waals surface area contributed by atoms with Gasteiger partial charge in [-0.3, -0.25) is 19.2 Å². The Kier molecular flexibility index (Phi) is 6.74. The number of fused-ring (bicyclic) bond motifs is 1. The highest BCUT2D eigenvalue weighted by molar-refractivity contribution is 6.30. The van der Waals surface area contributed by atoms with Crippen LogP contribution in [0.4, 0.5) is 5.69 Å². The molecule has 0 unspecified atom stereocenters. The average molecular weight is 473 g/mol. The van der Waals surface area contributed by atoms with E-state index >= 15 is 0 Å². The molecule has 4 rings (SSSR count). The predicted molar refractivity (Wildman–Crippen MR) is 124 cm³/mol. The Balaban J connectivity index is 1.72. The number of hydrogen-bond acceptors (Lipinski definition) is 5. The van der Waals surface area contributed by atoms with Crippen molar-refractivity contribution in [1.29, 1.82) is 0 Å². The number of nitrogens with zero attached hydrogens (tertiary/aromatic N) is 3. The van der Waals surface area contributed by atoms with Crippen LogP contribution < -0.4 is 10.2 Å². The second-order valence-corrected chi connectivity index (χ2v) is 9.28. The van der Waals surface area contributed by atoms with E-state index in [-0.39, 0.29) is 36.5 Å². The van der Waals surface area contributed by atoms with Crippen molar-refractivity contribution in [3.63, 3.8) is 0 Å². The fourth-order valence-corrected chi connectivity index (χ4v) is 4.77. The van der Waals surface area contributed by atoms with Gasteiger partial charge in [0.25, 0.3) is 5.91 Å². The molecule has 2 aromatic rings. The van der Waals surface area contributed by atoms with Crippen molar-refractivity contribution in [2.45, 2.75) is 70.5 Å². The Bertz CT molecular complexity index is 1040. The number of nitrogens with one attached hydrogen (secondary N) is 1. The molecule has 0 radical (unpaired) electrons. The summed E-state index contributed by atoms with van der Waals surface area (Å²) in [5.74, 6) is -1.25. The molecule has 8 nitrogen and oxygen atoms in total. The minimum absolute atomic E-state index is 0.0460. The number of benzene rings is 1. The standard InChI is InChI=1S/C24H29ClN4O4/c1-3-33-22(31)19-14-20-21(30)29(18-12-10-16(25)11-13-18)24(2,15-28(20)27-19)23(32)26-17-8-6-4-5-7-9-17/h10-14,17H,3-9,15H2,1-2H3,(H,26,32)/t24-/m0/s1. The summed E-state index contributed by atoms with van der Waals surface area (Å²) in [6.45, 7) is 3.75. The lowest BCUT2D eigenvalue weighted by Gasteiger charge is -2.43. The number of halogens is 1. The molecule has 0 saturated heterocycles. The van der Waals surface area contributed by atoms with Gasteiger partial charge in [-0.2, -0.15) is 5.10 Å². The van der Waals surface area contributed by atoms with Gasteiger partial charge >= 0.3 is 5.97 Å². The van der Waals surface area contributed by atoms with Gasteiger partial charge in [-0.05, 0) is 51.0 Å². The smallest absolute Gasteiger partial charge is 0.358 e. The second-order valence-electron chi connectivity index (χ2n) is 8.85. The third kappa shape index (κ3) is 4.62. The number of amides is 2. The molecule has 1 saturated carbocycles. The lowest BCUT2D eigenvalue weighted by atomic mass is 9.93. The summed E-state index contributed by atoms with van der Waals surface area (Å²) in [5, 5.41) is 8.02. The first-order valence-electron chi connectivity index (χ1n) is 11.5. The zero-order valence-electron chi connectivity index (χ0n) is 19.0. The van der Waals surface area contributed by atoms with Crippen LogP contribution in [-0.4, -0.2) is 45.8 Å². The highest BCUT2D eigenvalue weighted by Crippen LogP contribution is 2.34. The van der Waals surface area contributed by atoms with Gasteiger partial charge in [0.1, 0.15) is 11.2 Å². The van der Waals surface area contributed by atoms with Crippen LogP contribution in [0.15, 0.2) is 30.3 Å². The van der Waals surface area contributed by atoms with Crippen molar-refractivity contribution in [2.24, 2.45) is 0 Å². The summed E-state index contributed by atoms with van der Waals surface area (Å²) in [6.07, 6.45) is 6.35. The minimum atomic E-state index is -1.25. The number of hydrogen-bond donors (Lipinski definition) is 1. The minimum Gasteiger partial charge on any atom is -0.461 e. The fraction of sp³-hybridized carbons (Fsp3) is 0.500. The van der Waals surface area contributed by atoms with Crippen LogP contribution in [0.2, 0.25) is 5.02 Å². The quantitative estimate of drug-likeness (QED) is 0.525. The summed E-state index contributed by atoms with van der Waals surface area (Å²) in [5.41, 5.74) is -0.423. The molecule has 9 heteroatoms. The summed E-state index contributed by atoms with van der Waals surface area (Å²) >= 11 is 6.07. The first-order chi connectivity index (χ1) is 15.8. The van der Waals surface area contributed by atoms with Crippen LogP contribution in [0.25, 0.3) is 0 Å². The Hall–Kier alpha value is -2.87. The molecule has 1 fully saturated rings. The van der Waals surface area contributed by atoms with Gasteiger partial charge in [-0.1, -0.05) is 37.3 Å². The number of esters is 1.